The second kappa shape index (κ2) is 6.02. The van der Waals surface area contributed by atoms with Gasteiger partial charge in [-0.15, -0.1) is 11.3 Å². The molecule has 0 aromatic carbocycles. The van der Waals surface area contributed by atoms with Crippen molar-refractivity contribution in [2.75, 3.05) is 5.32 Å². The first-order chi connectivity index (χ1) is 9.72. The summed E-state index contributed by atoms with van der Waals surface area (Å²) < 4.78 is 3.81. The Labute approximate surface area is 136 Å². The summed E-state index contributed by atoms with van der Waals surface area (Å²) in [6.45, 7) is 0.763. The molecule has 0 radical (unpaired) electrons. The fourth-order valence-corrected chi connectivity index (χ4v) is 3.74. The van der Waals surface area contributed by atoms with Crippen molar-refractivity contribution in [3.8, 4) is 5.82 Å². The Kier molecular flexibility index (Phi) is 4.13. The minimum atomic E-state index is 0.745. The van der Waals surface area contributed by atoms with Gasteiger partial charge in [0, 0.05) is 15.9 Å². The molecular weight excluding hydrogens is 406 g/mol. The SMILES string of the molecule is Brc1cc(CNc2ccc(-n3cncn3)nc2)sc1Br. The zero-order chi connectivity index (χ0) is 13.9. The number of hydrogen-bond donors (Lipinski definition) is 1. The lowest BCUT2D eigenvalue weighted by Crippen LogP contribution is -2.01. The van der Waals surface area contributed by atoms with E-state index in [4.69, 9.17) is 0 Å². The molecule has 8 heteroatoms. The number of nitrogens with one attached hydrogen (secondary N) is 1. The van der Waals surface area contributed by atoms with Crippen molar-refractivity contribution in [2.24, 2.45) is 0 Å². The first-order valence-corrected chi connectivity index (χ1v) is 8.11. The number of hydrogen-bond acceptors (Lipinski definition) is 5. The first-order valence-electron chi connectivity index (χ1n) is 5.71. The number of anilines is 1. The van der Waals surface area contributed by atoms with Crippen LogP contribution >= 0.6 is 43.2 Å². The normalized spacial score (nSPS) is 10.7. The minimum Gasteiger partial charge on any atom is -0.379 e. The Hall–Kier alpha value is -1.25. The average molecular weight is 415 g/mol. The Morgan fingerprint density at radius 1 is 1.30 bits per heavy atom. The molecule has 0 atom stereocenters. The smallest absolute Gasteiger partial charge is 0.155 e. The zero-order valence-corrected chi connectivity index (χ0v) is 14.1. The van der Waals surface area contributed by atoms with Crippen molar-refractivity contribution in [3.63, 3.8) is 0 Å². The van der Waals surface area contributed by atoms with Gasteiger partial charge in [0.25, 0.3) is 0 Å². The van der Waals surface area contributed by atoms with Crippen LogP contribution in [0.1, 0.15) is 4.88 Å². The maximum Gasteiger partial charge on any atom is 0.155 e. The van der Waals surface area contributed by atoms with Crippen molar-refractivity contribution in [1.29, 1.82) is 0 Å². The van der Waals surface area contributed by atoms with Gasteiger partial charge in [-0.3, -0.25) is 0 Å². The maximum absolute atomic E-state index is 4.34. The molecule has 0 saturated carbocycles. The Morgan fingerprint density at radius 2 is 2.20 bits per heavy atom. The maximum atomic E-state index is 4.34. The summed E-state index contributed by atoms with van der Waals surface area (Å²) in [7, 11) is 0. The monoisotopic (exact) mass is 413 g/mol. The predicted molar refractivity (Wildman–Crippen MR) is 86.2 cm³/mol. The average Bonchev–Trinajstić information content (AvgIpc) is 3.08. The molecule has 0 aliphatic heterocycles. The molecule has 1 N–H and O–H groups in total. The molecule has 0 aliphatic rings. The van der Waals surface area contributed by atoms with Gasteiger partial charge in [0.2, 0.25) is 0 Å². The third-order valence-electron chi connectivity index (χ3n) is 2.56. The molecular formula is C12H9Br2N5S. The van der Waals surface area contributed by atoms with Crippen molar-refractivity contribution >= 4 is 48.9 Å². The van der Waals surface area contributed by atoms with E-state index in [-0.39, 0.29) is 0 Å². The van der Waals surface area contributed by atoms with E-state index in [1.165, 1.54) is 11.2 Å². The van der Waals surface area contributed by atoms with Gasteiger partial charge in [-0.1, -0.05) is 0 Å². The predicted octanol–water partition coefficient (Wildman–Crippen LogP) is 3.86. The highest BCUT2D eigenvalue weighted by Gasteiger charge is 2.04. The summed E-state index contributed by atoms with van der Waals surface area (Å²) in [6.07, 6.45) is 4.89. The van der Waals surface area contributed by atoms with Crippen molar-refractivity contribution in [3.05, 3.63) is 50.2 Å². The van der Waals surface area contributed by atoms with Crippen LogP contribution in [0.2, 0.25) is 0 Å². The highest BCUT2D eigenvalue weighted by Crippen LogP contribution is 2.32. The molecule has 3 rings (SSSR count). The highest BCUT2D eigenvalue weighted by molar-refractivity contribution is 9.13. The third-order valence-corrected chi connectivity index (χ3v) is 5.82. The van der Waals surface area contributed by atoms with E-state index in [1.54, 1.807) is 28.5 Å². The van der Waals surface area contributed by atoms with E-state index in [0.29, 0.717) is 0 Å². The molecule has 20 heavy (non-hydrogen) atoms. The van der Waals surface area contributed by atoms with Crippen LogP contribution in [0.4, 0.5) is 5.69 Å². The number of aromatic nitrogens is 4. The minimum absolute atomic E-state index is 0.745. The summed E-state index contributed by atoms with van der Waals surface area (Å²) in [5.41, 5.74) is 0.967. The molecule has 102 valence electrons. The van der Waals surface area contributed by atoms with Crippen molar-refractivity contribution in [2.45, 2.75) is 6.54 Å². The Bertz CT molecular complexity index is 674. The van der Waals surface area contributed by atoms with Crippen LogP contribution < -0.4 is 5.32 Å². The topological polar surface area (TPSA) is 55.6 Å². The van der Waals surface area contributed by atoms with Gasteiger partial charge in [0.05, 0.1) is 15.7 Å². The largest absolute Gasteiger partial charge is 0.379 e. The van der Waals surface area contributed by atoms with Gasteiger partial charge >= 0.3 is 0 Å². The van der Waals surface area contributed by atoms with Crippen molar-refractivity contribution in [1.82, 2.24) is 19.7 Å². The van der Waals surface area contributed by atoms with E-state index in [1.807, 2.05) is 12.1 Å². The second-order valence-corrected chi connectivity index (χ2v) is 7.24. The molecule has 0 unspecified atom stereocenters. The molecule has 3 aromatic rings. The van der Waals surface area contributed by atoms with Crippen molar-refractivity contribution < 1.29 is 0 Å². The van der Waals surface area contributed by atoms with Crippen LogP contribution in [0, 0.1) is 0 Å². The van der Waals surface area contributed by atoms with E-state index >= 15 is 0 Å². The van der Waals surface area contributed by atoms with Crippen LogP contribution in [-0.2, 0) is 6.54 Å². The van der Waals surface area contributed by atoms with Gasteiger partial charge in [-0.25, -0.2) is 14.6 Å². The highest BCUT2D eigenvalue weighted by atomic mass is 79.9. The fraction of sp³-hybridized carbons (Fsp3) is 0.0833. The summed E-state index contributed by atoms with van der Waals surface area (Å²) in [6, 6.07) is 5.97. The summed E-state index contributed by atoms with van der Waals surface area (Å²) in [4.78, 5) is 9.48. The van der Waals surface area contributed by atoms with E-state index < -0.39 is 0 Å². The van der Waals surface area contributed by atoms with E-state index in [0.717, 1.165) is 26.3 Å². The standard InChI is InChI=1S/C12H9Br2N5S/c13-10-3-9(20-12(10)14)5-16-8-1-2-11(17-4-8)19-7-15-6-18-19/h1-4,6-7,16H,5H2. The molecule has 0 aliphatic carbocycles. The van der Waals surface area contributed by atoms with E-state index in [2.05, 4.69) is 58.3 Å². The third kappa shape index (κ3) is 3.08. The fourth-order valence-electron chi connectivity index (χ4n) is 1.62. The second-order valence-electron chi connectivity index (χ2n) is 3.93. The molecule has 3 aromatic heterocycles. The Morgan fingerprint density at radius 3 is 2.80 bits per heavy atom. The van der Waals surface area contributed by atoms with E-state index in [9.17, 15) is 0 Å². The van der Waals surface area contributed by atoms with Crippen LogP contribution in [-0.4, -0.2) is 19.7 Å². The number of halogens is 2. The molecule has 0 bridgehead atoms. The number of rotatable bonds is 4. The lowest BCUT2D eigenvalue weighted by molar-refractivity contribution is 0.845. The van der Waals surface area contributed by atoms with Gasteiger partial charge in [-0.05, 0) is 50.1 Å². The zero-order valence-electron chi connectivity index (χ0n) is 10.1. The van der Waals surface area contributed by atoms with Gasteiger partial charge in [0.1, 0.15) is 12.7 Å². The lowest BCUT2D eigenvalue weighted by Gasteiger charge is -2.05. The molecule has 3 heterocycles. The molecule has 0 amide bonds. The lowest BCUT2D eigenvalue weighted by atomic mass is 10.4. The summed E-state index contributed by atoms with van der Waals surface area (Å²) >= 11 is 8.67. The molecule has 0 spiro atoms. The van der Waals surface area contributed by atoms with Crippen LogP contribution in [0.5, 0.6) is 0 Å². The quantitative estimate of drug-likeness (QED) is 0.704. The molecule has 5 nitrogen and oxygen atoms in total. The number of thiophene rings is 1. The van der Waals surface area contributed by atoms with Crippen LogP contribution in [0.3, 0.4) is 0 Å². The van der Waals surface area contributed by atoms with Crippen LogP contribution in [0.15, 0.2) is 45.3 Å². The summed E-state index contributed by atoms with van der Waals surface area (Å²) in [5.74, 6) is 0.745. The molecule has 0 fully saturated rings. The van der Waals surface area contributed by atoms with Gasteiger partial charge in [-0.2, -0.15) is 5.10 Å². The number of pyridine rings is 1. The summed E-state index contributed by atoms with van der Waals surface area (Å²) in [5, 5.41) is 7.37. The van der Waals surface area contributed by atoms with Gasteiger partial charge < -0.3 is 5.32 Å². The van der Waals surface area contributed by atoms with Crippen LogP contribution in [0.25, 0.3) is 5.82 Å². The first kappa shape index (κ1) is 13.7. The molecule has 0 saturated heterocycles. The number of nitrogens with zero attached hydrogens (tertiary/aromatic N) is 4. The Balaban J connectivity index is 1.66. The van der Waals surface area contributed by atoms with Gasteiger partial charge in [0.15, 0.2) is 5.82 Å².